The Hall–Kier alpha value is -1.84. The minimum Gasteiger partial charge on any atom is -0.207 e. The second-order valence-electron chi connectivity index (χ2n) is 3.95. The molecule has 0 saturated heterocycles. The fourth-order valence-corrected chi connectivity index (χ4v) is 1.80. The summed E-state index contributed by atoms with van der Waals surface area (Å²) in [5.74, 6) is -3.39. The van der Waals surface area contributed by atoms with Crippen molar-refractivity contribution < 1.29 is 17.6 Å². The van der Waals surface area contributed by atoms with Crippen LogP contribution in [0, 0.1) is 23.3 Å². The van der Waals surface area contributed by atoms with Crippen molar-refractivity contribution in [1.82, 2.24) is 0 Å². The fraction of sp³-hybridized carbons (Fsp3) is 0.143. The monoisotopic (exact) mass is 254 g/mol. The van der Waals surface area contributed by atoms with E-state index in [1.54, 1.807) is 6.92 Å². The summed E-state index contributed by atoms with van der Waals surface area (Å²) in [5, 5.41) is 0. The highest BCUT2D eigenvalue weighted by Crippen LogP contribution is 2.28. The molecule has 0 fully saturated rings. The Bertz CT molecular complexity index is 547. The average molecular weight is 254 g/mol. The number of aryl methyl sites for hydroxylation is 1. The number of benzene rings is 2. The van der Waals surface area contributed by atoms with Crippen LogP contribution in [0.1, 0.15) is 12.5 Å². The maximum absolute atomic E-state index is 13.8. The molecule has 0 saturated carbocycles. The molecule has 0 aliphatic carbocycles. The summed E-state index contributed by atoms with van der Waals surface area (Å²) in [7, 11) is 0. The Morgan fingerprint density at radius 2 is 1.28 bits per heavy atom. The Morgan fingerprint density at radius 3 is 1.72 bits per heavy atom. The maximum atomic E-state index is 13.8. The van der Waals surface area contributed by atoms with Crippen LogP contribution in [0.4, 0.5) is 17.6 Å². The molecule has 0 N–H and O–H groups in total. The molecule has 0 aliphatic heterocycles. The third-order valence-corrected chi connectivity index (χ3v) is 2.66. The SMILES string of the molecule is CCc1cc(F)c(-c2cc(F)cc(F)c2)c(F)c1. The Morgan fingerprint density at radius 1 is 0.778 bits per heavy atom. The van der Waals surface area contributed by atoms with Crippen LogP contribution in [0.25, 0.3) is 11.1 Å². The third-order valence-electron chi connectivity index (χ3n) is 2.66. The lowest BCUT2D eigenvalue weighted by Gasteiger charge is -2.08. The molecule has 0 heterocycles. The average Bonchev–Trinajstić information content (AvgIpc) is 2.26. The number of hydrogen-bond acceptors (Lipinski definition) is 0. The zero-order chi connectivity index (χ0) is 13.3. The molecule has 0 amide bonds. The van der Waals surface area contributed by atoms with Gasteiger partial charge in [-0.1, -0.05) is 6.92 Å². The van der Waals surface area contributed by atoms with Gasteiger partial charge in [0.05, 0.1) is 5.56 Å². The van der Waals surface area contributed by atoms with Crippen LogP contribution < -0.4 is 0 Å². The van der Waals surface area contributed by atoms with Gasteiger partial charge in [0.1, 0.15) is 23.3 Å². The van der Waals surface area contributed by atoms with Crippen molar-refractivity contribution in [1.29, 1.82) is 0 Å². The summed E-state index contributed by atoms with van der Waals surface area (Å²) in [4.78, 5) is 0. The molecule has 0 radical (unpaired) electrons. The maximum Gasteiger partial charge on any atom is 0.134 e. The zero-order valence-electron chi connectivity index (χ0n) is 9.61. The van der Waals surface area contributed by atoms with Gasteiger partial charge in [0.25, 0.3) is 0 Å². The van der Waals surface area contributed by atoms with E-state index in [2.05, 4.69) is 0 Å². The third kappa shape index (κ3) is 2.37. The van der Waals surface area contributed by atoms with Crippen LogP contribution in [0.15, 0.2) is 30.3 Å². The molecule has 2 rings (SSSR count). The molecule has 94 valence electrons. The standard InChI is InChI=1S/C14H10F4/c1-2-8-3-12(17)14(13(18)4-8)9-5-10(15)7-11(16)6-9/h3-7H,2H2,1H3. The van der Waals surface area contributed by atoms with E-state index in [1.807, 2.05) is 0 Å². The van der Waals surface area contributed by atoms with Crippen molar-refractivity contribution in [2.24, 2.45) is 0 Å². The van der Waals surface area contributed by atoms with Crippen LogP contribution in [0.5, 0.6) is 0 Å². The zero-order valence-corrected chi connectivity index (χ0v) is 9.61. The van der Waals surface area contributed by atoms with Gasteiger partial charge in [-0.25, -0.2) is 17.6 Å². The van der Waals surface area contributed by atoms with Gasteiger partial charge < -0.3 is 0 Å². The van der Waals surface area contributed by atoms with E-state index in [-0.39, 0.29) is 5.56 Å². The topological polar surface area (TPSA) is 0 Å². The summed E-state index contributed by atoms with van der Waals surface area (Å²) < 4.78 is 53.6. The highest BCUT2D eigenvalue weighted by molar-refractivity contribution is 5.65. The summed E-state index contributed by atoms with van der Waals surface area (Å²) in [5.41, 5.74) is -0.0682. The largest absolute Gasteiger partial charge is 0.207 e. The molecule has 2 aromatic carbocycles. The van der Waals surface area contributed by atoms with E-state index in [0.717, 1.165) is 12.1 Å². The predicted molar refractivity (Wildman–Crippen MR) is 61.1 cm³/mol. The van der Waals surface area contributed by atoms with Gasteiger partial charge in [0.2, 0.25) is 0 Å². The van der Waals surface area contributed by atoms with E-state index in [1.165, 1.54) is 12.1 Å². The van der Waals surface area contributed by atoms with Gasteiger partial charge in [-0.2, -0.15) is 0 Å². The van der Waals surface area contributed by atoms with Crippen molar-refractivity contribution in [2.75, 3.05) is 0 Å². The molecule has 0 unspecified atom stereocenters. The number of halogens is 4. The molecule has 18 heavy (non-hydrogen) atoms. The Kier molecular flexibility index (Phi) is 3.36. The fourth-order valence-electron chi connectivity index (χ4n) is 1.80. The number of hydrogen-bond donors (Lipinski definition) is 0. The smallest absolute Gasteiger partial charge is 0.134 e. The minimum atomic E-state index is -0.872. The van der Waals surface area contributed by atoms with Gasteiger partial charge in [-0.15, -0.1) is 0 Å². The van der Waals surface area contributed by atoms with Crippen molar-refractivity contribution in [3.8, 4) is 11.1 Å². The minimum absolute atomic E-state index is 0.148. The van der Waals surface area contributed by atoms with Crippen LogP contribution in [0.2, 0.25) is 0 Å². The molecule has 2 aromatic rings. The summed E-state index contributed by atoms with van der Waals surface area (Å²) >= 11 is 0. The second-order valence-corrected chi connectivity index (χ2v) is 3.95. The van der Waals surface area contributed by atoms with Gasteiger partial charge in [0, 0.05) is 6.07 Å². The van der Waals surface area contributed by atoms with Crippen LogP contribution in [-0.4, -0.2) is 0 Å². The van der Waals surface area contributed by atoms with Crippen molar-refractivity contribution in [2.45, 2.75) is 13.3 Å². The Labute approximate surface area is 102 Å². The first-order valence-electron chi connectivity index (χ1n) is 5.45. The van der Waals surface area contributed by atoms with Crippen molar-refractivity contribution in [3.63, 3.8) is 0 Å². The first-order valence-corrected chi connectivity index (χ1v) is 5.45. The molecule has 0 aromatic heterocycles. The first kappa shape index (κ1) is 12.6. The quantitative estimate of drug-likeness (QED) is 0.693. The normalized spacial score (nSPS) is 10.7. The predicted octanol–water partition coefficient (Wildman–Crippen LogP) is 4.47. The van der Waals surface area contributed by atoms with Crippen molar-refractivity contribution >= 4 is 0 Å². The van der Waals surface area contributed by atoms with E-state index in [0.29, 0.717) is 18.1 Å². The molecular formula is C14H10F4. The molecule has 0 nitrogen and oxygen atoms in total. The van der Waals surface area contributed by atoms with Crippen LogP contribution in [-0.2, 0) is 6.42 Å². The van der Waals surface area contributed by atoms with E-state index in [9.17, 15) is 17.6 Å². The summed E-state index contributed by atoms with van der Waals surface area (Å²) in [6.45, 7) is 1.76. The van der Waals surface area contributed by atoms with Crippen LogP contribution >= 0.6 is 0 Å². The van der Waals surface area contributed by atoms with Crippen LogP contribution in [0.3, 0.4) is 0 Å². The molecule has 0 bridgehead atoms. The lowest BCUT2D eigenvalue weighted by Crippen LogP contribution is -1.95. The van der Waals surface area contributed by atoms with Gasteiger partial charge in [-0.05, 0) is 41.8 Å². The van der Waals surface area contributed by atoms with E-state index < -0.39 is 28.8 Å². The van der Waals surface area contributed by atoms with E-state index >= 15 is 0 Å². The second kappa shape index (κ2) is 4.80. The summed E-state index contributed by atoms with van der Waals surface area (Å²) in [6.07, 6.45) is 0.478. The highest BCUT2D eigenvalue weighted by Gasteiger charge is 2.14. The van der Waals surface area contributed by atoms with Gasteiger partial charge >= 0.3 is 0 Å². The van der Waals surface area contributed by atoms with Crippen molar-refractivity contribution in [3.05, 3.63) is 59.2 Å². The highest BCUT2D eigenvalue weighted by atomic mass is 19.1. The molecule has 0 atom stereocenters. The first-order chi connectivity index (χ1) is 8.51. The number of rotatable bonds is 2. The lowest BCUT2D eigenvalue weighted by molar-refractivity contribution is 0.577. The van der Waals surface area contributed by atoms with Gasteiger partial charge in [0.15, 0.2) is 0 Å². The summed E-state index contributed by atoms with van der Waals surface area (Å²) in [6, 6.07) is 4.79. The molecule has 4 heteroatoms. The van der Waals surface area contributed by atoms with Gasteiger partial charge in [-0.3, -0.25) is 0 Å². The molecule has 0 aliphatic rings. The molecule has 0 spiro atoms. The lowest BCUT2D eigenvalue weighted by atomic mass is 10.0. The van der Waals surface area contributed by atoms with E-state index in [4.69, 9.17) is 0 Å². The molecular weight excluding hydrogens is 244 g/mol. The Balaban J connectivity index is 2.63.